The second-order valence-corrected chi connectivity index (χ2v) is 9.34. The van der Waals surface area contributed by atoms with Crippen LogP contribution in [0.2, 0.25) is 0 Å². The molecule has 9 heteroatoms. The number of thiophene rings is 1. The molecule has 1 aliphatic rings. The Morgan fingerprint density at radius 3 is 2.79 bits per heavy atom. The number of pyridine rings is 1. The summed E-state index contributed by atoms with van der Waals surface area (Å²) in [6.45, 7) is 8.93. The van der Waals surface area contributed by atoms with Crippen molar-refractivity contribution in [2.75, 3.05) is 11.9 Å². The molecule has 5 nitrogen and oxygen atoms in total. The van der Waals surface area contributed by atoms with Crippen LogP contribution in [0.4, 0.5) is 13.8 Å². The Morgan fingerprint density at radius 2 is 2.14 bits per heavy atom. The zero-order valence-electron chi connectivity index (χ0n) is 16.6. The fourth-order valence-electron chi connectivity index (χ4n) is 4.17. The van der Waals surface area contributed by atoms with Crippen molar-refractivity contribution < 1.29 is 13.6 Å². The molecule has 0 radical (unpaired) electrons. The predicted octanol–water partition coefficient (Wildman–Crippen LogP) is 5.64. The van der Waals surface area contributed by atoms with Crippen molar-refractivity contribution in [1.29, 1.82) is 0 Å². The smallest absolute Gasteiger partial charge is 0.282 e. The number of hydrogen-bond acceptors (Lipinski definition) is 6. The maximum Gasteiger partial charge on any atom is 0.282 e. The van der Waals surface area contributed by atoms with Crippen molar-refractivity contribution in [2.45, 2.75) is 52.6 Å². The van der Waals surface area contributed by atoms with Crippen molar-refractivity contribution in [3.05, 3.63) is 28.4 Å². The van der Waals surface area contributed by atoms with Gasteiger partial charge in [-0.05, 0) is 38.4 Å². The Kier molecular flexibility index (Phi) is 5.39. The average Bonchev–Trinajstić information content (AvgIpc) is 3.22. The first-order valence-corrected chi connectivity index (χ1v) is 11.2. The summed E-state index contributed by atoms with van der Waals surface area (Å²) >= 11 is 2.93. The monoisotopic (exact) mass is 436 g/mol. The molecule has 1 aliphatic heterocycles. The minimum atomic E-state index is -2.68. The van der Waals surface area contributed by atoms with Crippen LogP contribution in [0.3, 0.4) is 0 Å². The number of rotatable bonds is 4. The molecule has 1 amide bonds. The molecule has 0 aliphatic carbocycles. The summed E-state index contributed by atoms with van der Waals surface area (Å²) in [5.74, 6) is -0.158. The van der Waals surface area contributed by atoms with Gasteiger partial charge in [0.1, 0.15) is 21.2 Å². The molecule has 0 bridgehead atoms. The van der Waals surface area contributed by atoms with E-state index < -0.39 is 6.43 Å². The number of thiazole rings is 1. The van der Waals surface area contributed by atoms with Crippen LogP contribution in [0.1, 0.15) is 56.3 Å². The van der Waals surface area contributed by atoms with E-state index in [2.05, 4.69) is 41.0 Å². The minimum absolute atomic E-state index is 0.158. The molecule has 29 heavy (non-hydrogen) atoms. The van der Waals surface area contributed by atoms with Crippen molar-refractivity contribution in [3.8, 4) is 10.6 Å². The zero-order valence-corrected chi connectivity index (χ0v) is 18.3. The van der Waals surface area contributed by atoms with Crippen LogP contribution in [0.5, 0.6) is 0 Å². The summed E-state index contributed by atoms with van der Waals surface area (Å²) in [5, 5.41) is 4.34. The molecular weight excluding hydrogens is 414 g/mol. The van der Waals surface area contributed by atoms with Crippen molar-refractivity contribution >= 4 is 43.8 Å². The van der Waals surface area contributed by atoms with Gasteiger partial charge >= 0.3 is 0 Å². The topological polar surface area (TPSA) is 58.1 Å². The van der Waals surface area contributed by atoms with Crippen molar-refractivity contribution in [2.24, 2.45) is 0 Å². The molecule has 154 valence electrons. The van der Waals surface area contributed by atoms with Gasteiger partial charge < -0.3 is 5.32 Å². The van der Waals surface area contributed by atoms with Crippen LogP contribution < -0.4 is 5.32 Å². The largest absolute Gasteiger partial charge is 0.317 e. The number of aromatic nitrogens is 2. The summed E-state index contributed by atoms with van der Waals surface area (Å²) in [7, 11) is 0. The first kappa shape index (κ1) is 20.3. The van der Waals surface area contributed by atoms with Crippen LogP contribution in [-0.2, 0) is 11.2 Å². The lowest BCUT2D eigenvalue weighted by Gasteiger charge is -2.38. The fourth-order valence-corrected chi connectivity index (χ4v) is 6.63. The van der Waals surface area contributed by atoms with Gasteiger partial charge in [-0.25, -0.2) is 13.8 Å². The number of alkyl halides is 2. The second kappa shape index (κ2) is 7.70. The van der Waals surface area contributed by atoms with Gasteiger partial charge in [-0.15, -0.1) is 22.7 Å². The Bertz CT molecular complexity index is 1080. The van der Waals surface area contributed by atoms with E-state index in [-0.39, 0.29) is 23.2 Å². The summed E-state index contributed by atoms with van der Waals surface area (Å²) in [4.78, 5) is 23.9. The molecule has 4 heterocycles. The van der Waals surface area contributed by atoms with Gasteiger partial charge in [-0.1, -0.05) is 6.92 Å². The number of anilines is 1. The van der Waals surface area contributed by atoms with Crippen LogP contribution >= 0.6 is 22.7 Å². The van der Waals surface area contributed by atoms with Gasteiger partial charge in [-0.2, -0.15) is 0 Å². The fraction of sp³-hybridized carbons (Fsp3) is 0.450. The Morgan fingerprint density at radius 1 is 1.38 bits per heavy atom. The molecule has 2 atom stereocenters. The molecule has 2 unspecified atom stereocenters. The van der Waals surface area contributed by atoms with E-state index in [1.807, 2.05) is 0 Å². The highest BCUT2D eigenvalue weighted by Gasteiger charge is 2.34. The number of halogens is 2. The number of hydrogen-bond donors (Lipinski definition) is 1. The van der Waals surface area contributed by atoms with Crippen molar-refractivity contribution in [1.82, 2.24) is 14.9 Å². The summed E-state index contributed by atoms with van der Waals surface area (Å²) in [5.41, 5.74) is 1.97. The SMILES string of the molecule is CCN1C(C)Cc2c(sc(NC(C)=O)c2-c2nc3c(C(F)F)nccc3s2)C1C. The molecular formula is C20H22F2N4OS2. The third-order valence-corrected chi connectivity index (χ3v) is 7.75. The molecule has 0 saturated carbocycles. The first-order valence-electron chi connectivity index (χ1n) is 9.54. The van der Waals surface area contributed by atoms with Crippen LogP contribution in [0.15, 0.2) is 12.3 Å². The number of likely N-dealkylation sites (N-methyl/N-ethyl adjacent to an activating group) is 1. The number of nitrogens with one attached hydrogen (secondary N) is 1. The summed E-state index contributed by atoms with van der Waals surface area (Å²) in [6.07, 6.45) is -0.459. The van der Waals surface area contributed by atoms with Gasteiger partial charge in [0.05, 0.1) is 4.70 Å². The maximum absolute atomic E-state index is 13.4. The highest BCUT2D eigenvalue weighted by molar-refractivity contribution is 7.23. The highest BCUT2D eigenvalue weighted by Crippen LogP contribution is 2.49. The first-order chi connectivity index (χ1) is 13.8. The number of nitrogens with zero attached hydrogens (tertiary/aromatic N) is 3. The van der Waals surface area contributed by atoms with E-state index >= 15 is 0 Å². The van der Waals surface area contributed by atoms with Gasteiger partial charge in [0, 0.05) is 35.6 Å². The molecule has 3 aromatic rings. The third-order valence-electron chi connectivity index (χ3n) is 5.39. The number of carbonyl (C=O) groups is 1. The Hall–Kier alpha value is -1.97. The zero-order chi connectivity index (χ0) is 20.9. The van der Waals surface area contributed by atoms with Gasteiger partial charge in [0.15, 0.2) is 0 Å². The average molecular weight is 437 g/mol. The maximum atomic E-state index is 13.4. The molecule has 4 rings (SSSR count). The molecule has 0 aromatic carbocycles. The summed E-state index contributed by atoms with van der Waals surface area (Å²) in [6, 6.07) is 2.27. The van der Waals surface area contributed by atoms with Gasteiger partial charge in [0.25, 0.3) is 6.43 Å². The minimum Gasteiger partial charge on any atom is -0.317 e. The van der Waals surface area contributed by atoms with Crippen molar-refractivity contribution in [3.63, 3.8) is 0 Å². The predicted molar refractivity (Wildman–Crippen MR) is 114 cm³/mol. The molecule has 1 N–H and O–H groups in total. The molecule has 0 spiro atoms. The number of fused-ring (bicyclic) bond motifs is 2. The lowest BCUT2D eigenvalue weighted by atomic mass is 9.93. The van der Waals surface area contributed by atoms with Gasteiger partial charge in [-0.3, -0.25) is 14.7 Å². The molecule has 0 saturated heterocycles. The summed E-state index contributed by atoms with van der Waals surface area (Å²) < 4.78 is 27.5. The van der Waals surface area contributed by atoms with E-state index in [0.29, 0.717) is 15.7 Å². The van der Waals surface area contributed by atoms with E-state index in [1.165, 1.54) is 29.3 Å². The normalized spacial score (nSPS) is 19.7. The van der Waals surface area contributed by atoms with E-state index in [4.69, 9.17) is 0 Å². The second-order valence-electron chi connectivity index (χ2n) is 7.25. The Labute approximate surface area is 175 Å². The lowest BCUT2D eigenvalue weighted by molar-refractivity contribution is -0.114. The van der Waals surface area contributed by atoms with E-state index in [0.717, 1.165) is 29.1 Å². The standard InChI is InChI=1S/C20H22F2N4OS2/c1-5-26-9(2)8-12-14(19(24-11(4)27)29-17(12)10(26)3)20-25-15-13(28-20)6-7-23-16(15)18(21)22/h6-7,9-10,18H,5,8H2,1-4H3,(H,24,27). The van der Waals surface area contributed by atoms with Gasteiger partial charge in [0.2, 0.25) is 5.91 Å². The highest BCUT2D eigenvalue weighted by atomic mass is 32.1. The van der Waals surface area contributed by atoms with Crippen LogP contribution in [0.25, 0.3) is 20.8 Å². The quantitative estimate of drug-likeness (QED) is 0.575. The number of amides is 1. The Balaban J connectivity index is 1.93. The van der Waals surface area contributed by atoms with Crippen LogP contribution in [0, 0.1) is 0 Å². The number of carbonyl (C=O) groups excluding carboxylic acids is 1. The van der Waals surface area contributed by atoms with E-state index in [9.17, 15) is 13.6 Å². The lowest BCUT2D eigenvalue weighted by Crippen LogP contribution is -2.40. The van der Waals surface area contributed by atoms with Crippen LogP contribution in [-0.4, -0.2) is 33.4 Å². The molecule has 0 fully saturated rings. The molecule has 3 aromatic heterocycles. The van der Waals surface area contributed by atoms with E-state index in [1.54, 1.807) is 17.4 Å². The third kappa shape index (κ3) is 3.45.